The van der Waals surface area contributed by atoms with Crippen molar-refractivity contribution in [2.24, 2.45) is 0 Å². The quantitative estimate of drug-likeness (QED) is 0.813. The van der Waals surface area contributed by atoms with E-state index in [4.69, 9.17) is 5.73 Å². The number of likely N-dealkylation sites (N-methyl/N-ethyl adjacent to an activating group) is 1. The molecule has 2 rings (SSSR count). The third kappa shape index (κ3) is 2.64. The highest BCUT2D eigenvalue weighted by Gasteiger charge is 2.32. The Morgan fingerprint density at radius 2 is 2.00 bits per heavy atom. The zero-order valence-electron chi connectivity index (χ0n) is 11.7. The van der Waals surface area contributed by atoms with Crippen LogP contribution in [0.3, 0.4) is 0 Å². The van der Waals surface area contributed by atoms with Crippen molar-refractivity contribution in [3.8, 4) is 0 Å². The van der Waals surface area contributed by atoms with Gasteiger partial charge >= 0.3 is 0 Å². The zero-order chi connectivity index (χ0) is 14.9. The highest BCUT2D eigenvalue weighted by atomic mass is 32.2. The Balaban J connectivity index is 2.40. The van der Waals surface area contributed by atoms with E-state index in [1.807, 2.05) is 6.92 Å². The minimum atomic E-state index is -3.68. The molecule has 1 saturated heterocycles. The lowest BCUT2D eigenvalue weighted by atomic mass is 10.1. The van der Waals surface area contributed by atoms with E-state index < -0.39 is 10.0 Å². The zero-order valence-corrected chi connectivity index (χ0v) is 12.5. The van der Waals surface area contributed by atoms with Crippen molar-refractivity contribution in [2.45, 2.75) is 18.2 Å². The van der Waals surface area contributed by atoms with E-state index in [1.165, 1.54) is 15.3 Å². The van der Waals surface area contributed by atoms with Gasteiger partial charge in [0.05, 0.1) is 11.4 Å². The largest absolute Gasteiger partial charge is 0.399 e. The van der Waals surface area contributed by atoms with Gasteiger partial charge < -0.3 is 10.6 Å². The van der Waals surface area contributed by atoms with Gasteiger partial charge in [0, 0.05) is 25.8 Å². The number of nitrogen functional groups attached to an aromatic ring is 1. The molecule has 0 unspecified atom stereocenters. The van der Waals surface area contributed by atoms with E-state index in [0.717, 1.165) is 0 Å². The second-order valence-corrected chi connectivity index (χ2v) is 6.78. The first-order valence-electron chi connectivity index (χ1n) is 6.48. The van der Waals surface area contributed by atoms with E-state index in [1.54, 1.807) is 19.2 Å². The fraction of sp³-hybridized carbons (Fsp3) is 0.462. The van der Waals surface area contributed by atoms with Crippen molar-refractivity contribution in [1.29, 1.82) is 0 Å². The second kappa shape index (κ2) is 5.41. The molecular formula is C13H19N3O3S. The lowest BCUT2D eigenvalue weighted by Crippen LogP contribution is -2.50. The van der Waals surface area contributed by atoms with Crippen LogP contribution in [-0.4, -0.2) is 50.2 Å². The first kappa shape index (κ1) is 14.8. The smallest absolute Gasteiger partial charge is 0.243 e. The summed E-state index contributed by atoms with van der Waals surface area (Å²) in [5, 5.41) is 0. The van der Waals surface area contributed by atoms with Gasteiger partial charge in [-0.2, -0.15) is 4.31 Å². The minimum Gasteiger partial charge on any atom is -0.399 e. The van der Waals surface area contributed by atoms with Crippen LogP contribution in [0.15, 0.2) is 23.1 Å². The average Bonchev–Trinajstić information content (AvgIpc) is 2.41. The van der Waals surface area contributed by atoms with Gasteiger partial charge in [0.2, 0.25) is 15.9 Å². The highest BCUT2D eigenvalue weighted by molar-refractivity contribution is 7.89. The molecule has 1 aromatic rings. The Labute approximate surface area is 119 Å². The highest BCUT2D eigenvalue weighted by Crippen LogP contribution is 2.24. The molecule has 20 heavy (non-hydrogen) atoms. The molecule has 0 aliphatic carbocycles. The van der Waals surface area contributed by atoms with E-state index in [2.05, 4.69) is 0 Å². The summed E-state index contributed by atoms with van der Waals surface area (Å²) in [5.74, 6) is -0.193. The van der Waals surface area contributed by atoms with Crippen LogP contribution in [0.2, 0.25) is 0 Å². The van der Waals surface area contributed by atoms with Crippen LogP contribution in [0.1, 0.15) is 12.5 Å². The van der Waals surface area contributed by atoms with Crippen LogP contribution in [0.4, 0.5) is 5.69 Å². The first-order valence-corrected chi connectivity index (χ1v) is 7.92. The Morgan fingerprint density at radius 3 is 2.60 bits per heavy atom. The van der Waals surface area contributed by atoms with Gasteiger partial charge in [-0.15, -0.1) is 0 Å². The van der Waals surface area contributed by atoms with Gasteiger partial charge in [-0.1, -0.05) is 13.0 Å². The SMILES string of the molecule is CCc1ccc(N)cc1S(=O)(=O)N1CCN(C)C(=O)C1. The number of piperazine rings is 1. The minimum absolute atomic E-state index is 0.114. The number of hydrogen-bond donors (Lipinski definition) is 1. The molecule has 1 amide bonds. The molecule has 1 aliphatic rings. The molecule has 1 fully saturated rings. The summed E-state index contributed by atoms with van der Waals surface area (Å²) >= 11 is 0. The Kier molecular flexibility index (Phi) is 4.01. The van der Waals surface area contributed by atoms with Crippen LogP contribution in [-0.2, 0) is 21.2 Å². The molecule has 1 aliphatic heterocycles. The molecule has 0 radical (unpaired) electrons. The van der Waals surface area contributed by atoms with Crippen molar-refractivity contribution in [1.82, 2.24) is 9.21 Å². The Bertz CT molecular complexity index is 628. The normalized spacial score (nSPS) is 17.5. The number of rotatable bonds is 3. The second-order valence-electron chi connectivity index (χ2n) is 4.87. The average molecular weight is 297 g/mol. The van der Waals surface area contributed by atoms with Crippen LogP contribution >= 0.6 is 0 Å². The monoisotopic (exact) mass is 297 g/mol. The van der Waals surface area contributed by atoms with Crippen molar-refractivity contribution in [2.75, 3.05) is 32.4 Å². The number of carbonyl (C=O) groups is 1. The maximum atomic E-state index is 12.7. The number of hydrogen-bond acceptors (Lipinski definition) is 4. The summed E-state index contributed by atoms with van der Waals surface area (Å²) in [6.07, 6.45) is 0.594. The molecule has 0 bridgehead atoms. The number of nitrogens with zero attached hydrogens (tertiary/aromatic N) is 2. The van der Waals surface area contributed by atoms with Gasteiger partial charge in [0.1, 0.15) is 0 Å². The van der Waals surface area contributed by atoms with E-state index in [-0.39, 0.29) is 17.3 Å². The molecule has 1 heterocycles. The molecule has 2 N–H and O–H groups in total. The number of nitrogens with two attached hydrogens (primary N) is 1. The summed E-state index contributed by atoms with van der Waals surface area (Å²) in [6.45, 7) is 2.49. The van der Waals surface area contributed by atoms with Crippen LogP contribution < -0.4 is 5.73 Å². The fourth-order valence-corrected chi connectivity index (χ4v) is 3.89. The third-order valence-electron chi connectivity index (χ3n) is 3.51. The predicted molar refractivity (Wildman–Crippen MR) is 76.6 cm³/mol. The number of amides is 1. The molecule has 1 aromatic carbocycles. The maximum Gasteiger partial charge on any atom is 0.243 e. The van der Waals surface area contributed by atoms with Gasteiger partial charge in [0.15, 0.2) is 0 Å². The van der Waals surface area contributed by atoms with Gasteiger partial charge in [-0.3, -0.25) is 4.79 Å². The fourth-order valence-electron chi connectivity index (χ4n) is 2.18. The van der Waals surface area contributed by atoms with Gasteiger partial charge in [0.25, 0.3) is 0 Å². The van der Waals surface area contributed by atoms with E-state index >= 15 is 0 Å². The molecule has 0 saturated carbocycles. The van der Waals surface area contributed by atoms with Crippen molar-refractivity contribution < 1.29 is 13.2 Å². The first-order chi connectivity index (χ1) is 9.36. The Hall–Kier alpha value is -1.60. The summed E-state index contributed by atoms with van der Waals surface area (Å²) in [4.78, 5) is 13.4. The number of sulfonamides is 1. The molecule has 7 heteroatoms. The molecule has 0 spiro atoms. The predicted octanol–water partition coefficient (Wildman–Crippen LogP) is 0.294. The standard InChI is InChI=1S/C13H19N3O3S/c1-3-10-4-5-11(14)8-12(10)20(18,19)16-7-6-15(2)13(17)9-16/h4-5,8H,3,6-7,9,14H2,1-2H3. The van der Waals surface area contributed by atoms with Crippen molar-refractivity contribution >= 4 is 21.6 Å². The molecule has 0 atom stereocenters. The summed E-state index contributed by atoms with van der Waals surface area (Å²) in [7, 11) is -2.01. The number of carbonyl (C=O) groups excluding carboxylic acids is 1. The summed E-state index contributed by atoms with van der Waals surface area (Å²) < 4.78 is 26.6. The number of benzene rings is 1. The molecule has 0 aromatic heterocycles. The third-order valence-corrected chi connectivity index (χ3v) is 5.44. The maximum absolute atomic E-state index is 12.7. The van der Waals surface area contributed by atoms with E-state index in [9.17, 15) is 13.2 Å². The van der Waals surface area contributed by atoms with Gasteiger partial charge in [-0.25, -0.2) is 8.42 Å². The topological polar surface area (TPSA) is 83.7 Å². The van der Waals surface area contributed by atoms with Crippen molar-refractivity contribution in [3.05, 3.63) is 23.8 Å². The van der Waals surface area contributed by atoms with Gasteiger partial charge in [-0.05, 0) is 24.1 Å². The molecule has 6 nitrogen and oxygen atoms in total. The van der Waals surface area contributed by atoms with E-state index in [0.29, 0.717) is 30.8 Å². The summed E-state index contributed by atoms with van der Waals surface area (Å²) in [5.41, 5.74) is 6.82. The summed E-state index contributed by atoms with van der Waals surface area (Å²) in [6, 6.07) is 4.88. The molecular weight excluding hydrogens is 278 g/mol. The lowest BCUT2D eigenvalue weighted by molar-refractivity contribution is -0.132. The van der Waals surface area contributed by atoms with Crippen LogP contribution in [0.25, 0.3) is 0 Å². The number of anilines is 1. The van der Waals surface area contributed by atoms with Crippen LogP contribution in [0.5, 0.6) is 0 Å². The lowest BCUT2D eigenvalue weighted by Gasteiger charge is -2.31. The van der Waals surface area contributed by atoms with Crippen LogP contribution in [0, 0.1) is 0 Å². The van der Waals surface area contributed by atoms with Crippen molar-refractivity contribution in [3.63, 3.8) is 0 Å². The number of aryl methyl sites for hydroxylation is 1. The molecule has 110 valence electrons. The Morgan fingerprint density at radius 1 is 1.30 bits per heavy atom.